The minimum atomic E-state index is 0.0222. The van der Waals surface area contributed by atoms with Crippen LogP contribution in [-0.4, -0.2) is 36.6 Å². The Morgan fingerprint density at radius 1 is 1.15 bits per heavy atom. The first-order valence-corrected chi connectivity index (χ1v) is 10.2. The lowest BCUT2D eigenvalue weighted by Gasteiger charge is -2.36. The third-order valence-electron chi connectivity index (χ3n) is 6.02. The molecule has 1 saturated heterocycles. The number of piperazine rings is 1. The van der Waals surface area contributed by atoms with Crippen molar-refractivity contribution in [2.75, 3.05) is 19.6 Å². The number of nitrogens with one attached hydrogen (secondary N) is 2. The third-order valence-corrected chi connectivity index (χ3v) is 6.02. The molecule has 27 heavy (non-hydrogen) atoms. The average Bonchev–Trinajstić information content (AvgIpc) is 2.73. The van der Waals surface area contributed by atoms with E-state index in [0.717, 1.165) is 50.0 Å². The number of benzene rings is 2. The van der Waals surface area contributed by atoms with Gasteiger partial charge >= 0.3 is 0 Å². The molecule has 2 unspecified atom stereocenters. The number of hydrogen-bond donors (Lipinski definition) is 2. The highest BCUT2D eigenvalue weighted by atomic mass is 16.2. The summed E-state index contributed by atoms with van der Waals surface area (Å²) in [4.78, 5) is 13.2. The normalized spacial score (nSPS) is 22.9. The highest BCUT2D eigenvalue weighted by Gasteiger charge is 2.27. The molecule has 4 heteroatoms. The quantitative estimate of drug-likeness (QED) is 0.874. The topological polar surface area (TPSA) is 44.4 Å². The highest BCUT2D eigenvalue weighted by Crippen LogP contribution is 2.37. The van der Waals surface area contributed by atoms with E-state index in [9.17, 15) is 4.79 Å². The maximum Gasteiger partial charge on any atom is 0.265 e. The van der Waals surface area contributed by atoms with Gasteiger partial charge in [-0.15, -0.1) is 0 Å². The molecule has 0 saturated carbocycles. The Bertz CT molecular complexity index is 804. The van der Waals surface area contributed by atoms with Crippen molar-refractivity contribution in [2.24, 2.45) is 0 Å². The molecule has 142 valence electrons. The van der Waals surface area contributed by atoms with E-state index >= 15 is 0 Å². The van der Waals surface area contributed by atoms with Crippen LogP contribution in [0.2, 0.25) is 0 Å². The molecule has 1 aliphatic heterocycles. The fourth-order valence-corrected chi connectivity index (χ4v) is 4.55. The Kier molecular flexibility index (Phi) is 5.55. The van der Waals surface area contributed by atoms with Gasteiger partial charge in [-0.05, 0) is 48.4 Å². The minimum absolute atomic E-state index is 0.0222. The number of amides is 1. The van der Waals surface area contributed by atoms with Gasteiger partial charge in [0, 0.05) is 37.2 Å². The lowest BCUT2D eigenvalue weighted by atomic mass is 9.77. The molecule has 2 aromatic carbocycles. The monoisotopic (exact) mass is 363 g/mol. The molecule has 0 bridgehead atoms. The first-order chi connectivity index (χ1) is 13.3. The van der Waals surface area contributed by atoms with Crippen molar-refractivity contribution in [3.8, 4) is 0 Å². The van der Waals surface area contributed by atoms with Crippen LogP contribution in [0.1, 0.15) is 59.2 Å². The van der Waals surface area contributed by atoms with Crippen molar-refractivity contribution < 1.29 is 4.79 Å². The molecule has 2 N–H and O–H groups in total. The van der Waals surface area contributed by atoms with E-state index in [1.165, 1.54) is 17.5 Å². The van der Waals surface area contributed by atoms with E-state index in [4.69, 9.17) is 0 Å². The lowest BCUT2D eigenvalue weighted by molar-refractivity contribution is 0.0605. The van der Waals surface area contributed by atoms with Gasteiger partial charge in [0.2, 0.25) is 0 Å². The van der Waals surface area contributed by atoms with Crippen LogP contribution in [0.3, 0.4) is 0 Å². The van der Waals surface area contributed by atoms with Gasteiger partial charge in [0.05, 0.1) is 0 Å². The summed E-state index contributed by atoms with van der Waals surface area (Å²) in [5.41, 5.74) is 7.98. The molecule has 0 radical (unpaired) electrons. The molecule has 1 amide bonds. The van der Waals surface area contributed by atoms with Gasteiger partial charge in [0.25, 0.3) is 5.91 Å². The van der Waals surface area contributed by atoms with Crippen LogP contribution >= 0.6 is 0 Å². The van der Waals surface area contributed by atoms with Crippen LogP contribution in [0, 0.1) is 0 Å². The van der Waals surface area contributed by atoms with Gasteiger partial charge in [-0.25, -0.2) is 5.01 Å². The summed E-state index contributed by atoms with van der Waals surface area (Å²) in [6, 6.07) is 17.2. The molecule has 2 aromatic rings. The molecule has 1 fully saturated rings. The fourth-order valence-electron chi connectivity index (χ4n) is 4.55. The van der Waals surface area contributed by atoms with Gasteiger partial charge in [-0.3, -0.25) is 10.2 Å². The molecule has 1 heterocycles. The smallest absolute Gasteiger partial charge is 0.265 e. The Hall–Kier alpha value is -2.17. The van der Waals surface area contributed by atoms with E-state index < -0.39 is 0 Å². The zero-order chi connectivity index (χ0) is 18.6. The predicted octanol–water partition coefficient (Wildman–Crippen LogP) is 3.48. The first-order valence-electron chi connectivity index (χ1n) is 10.2. The van der Waals surface area contributed by atoms with Crippen LogP contribution in [0.4, 0.5) is 0 Å². The van der Waals surface area contributed by atoms with Crippen LogP contribution in [0.15, 0.2) is 48.5 Å². The van der Waals surface area contributed by atoms with Crippen molar-refractivity contribution >= 4 is 5.91 Å². The molecule has 4 rings (SSSR count). The van der Waals surface area contributed by atoms with Gasteiger partial charge in [-0.2, -0.15) is 0 Å². The molecule has 2 aliphatic rings. The Balaban J connectivity index is 1.61. The molecule has 4 nitrogen and oxygen atoms in total. The standard InChI is InChI=1S/C23H29N3O/c1-2-18-16-24-14-15-26(18)25-23(27)22-12-6-5-11-21(22)20-13-7-9-17-8-3-4-10-19(17)20/h3-6,8,10-12,18,20,24H,2,7,9,13-16H2,1H3,(H,25,27). The molecule has 1 aliphatic carbocycles. The van der Waals surface area contributed by atoms with Gasteiger partial charge < -0.3 is 5.32 Å². The van der Waals surface area contributed by atoms with Gasteiger partial charge in [0.1, 0.15) is 0 Å². The summed E-state index contributed by atoms with van der Waals surface area (Å²) in [6.45, 7) is 4.85. The summed E-state index contributed by atoms with van der Waals surface area (Å²) in [5, 5.41) is 5.53. The Morgan fingerprint density at radius 3 is 2.78 bits per heavy atom. The SMILES string of the molecule is CCC1CNCCN1NC(=O)c1ccccc1C1CCCc2ccccc21. The van der Waals surface area contributed by atoms with Crippen LogP contribution in [0.5, 0.6) is 0 Å². The maximum atomic E-state index is 13.2. The second kappa shape index (κ2) is 8.24. The van der Waals surface area contributed by atoms with Crippen LogP contribution in [-0.2, 0) is 6.42 Å². The number of nitrogens with zero attached hydrogens (tertiary/aromatic N) is 1. The minimum Gasteiger partial charge on any atom is -0.314 e. The average molecular weight is 364 g/mol. The molecule has 2 atom stereocenters. The Morgan fingerprint density at radius 2 is 1.93 bits per heavy atom. The van der Waals surface area contributed by atoms with E-state index in [1.54, 1.807) is 0 Å². The number of hydrogen-bond acceptors (Lipinski definition) is 3. The van der Waals surface area contributed by atoms with E-state index in [-0.39, 0.29) is 5.91 Å². The summed E-state index contributed by atoms with van der Waals surface area (Å²) in [5.74, 6) is 0.330. The van der Waals surface area contributed by atoms with E-state index in [2.05, 4.69) is 59.1 Å². The fraction of sp³-hybridized carbons (Fsp3) is 0.435. The molecular formula is C23H29N3O. The number of aryl methyl sites for hydroxylation is 1. The Labute approximate surface area is 161 Å². The zero-order valence-electron chi connectivity index (χ0n) is 16.1. The number of hydrazine groups is 1. The van der Waals surface area contributed by atoms with E-state index in [0.29, 0.717) is 12.0 Å². The number of carbonyl (C=O) groups excluding carboxylic acids is 1. The van der Waals surface area contributed by atoms with Crippen LogP contribution < -0.4 is 10.7 Å². The third kappa shape index (κ3) is 3.78. The van der Waals surface area contributed by atoms with Crippen molar-refractivity contribution in [3.05, 3.63) is 70.8 Å². The number of carbonyl (C=O) groups is 1. The molecule has 0 spiro atoms. The second-order valence-electron chi connectivity index (χ2n) is 7.63. The van der Waals surface area contributed by atoms with Crippen molar-refractivity contribution in [1.82, 2.24) is 15.8 Å². The van der Waals surface area contributed by atoms with E-state index in [1.807, 2.05) is 12.1 Å². The maximum absolute atomic E-state index is 13.2. The summed E-state index contributed by atoms with van der Waals surface area (Å²) < 4.78 is 0. The summed E-state index contributed by atoms with van der Waals surface area (Å²) >= 11 is 0. The van der Waals surface area contributed by atoms with Crippen molar-refractivity contribution in [1.29, 1.82) is 0 Å². The van der Waals surface area contributed by atoms with Crippen LogP contribution in [0.25, 0.3) is 0 Å². The summed E-state index contributed by atoms with van der Waals surface area (Å²) in [7, 11) is 0. The highest BCUT2D eigenvalue weighted by molar-refractivity contribution is 5.95. The molecule has 0 aromatic heterocycles. The lowest BCUT2D eigenvalue weighted by Crippen LogP contribution is -2.58. The van der Waals surface area contributed by atoms with Crippen molar-refractivity contribution in [3.63, 3.8) is 0 Å². The van der Waals surface area contributed by atoms with Crippen molar-refractivity contribution in [2.45, 2.75) is 44.6 Å². The van der Waals surface area contributed by atoms with Gasteiger partial charge in [-0.1, -0.05) is 49.4 Å². The zero-order valence-corrected chi connectivity index (χ0v) is 16.1. The number of rotatable bonds is 4. The largest absolute Gasteiger partial charge is 0.314 e. The number of fused-ring (bicyclic) bond motifs is 1. The molecular weight excluding hydrogens is 334 g/mol. The predicted molar refractivity (Wildman–Crippen MR) is 109 cm³/mol. The second-order valence-corrected chi connectivity index (χ2v) is 7.63. The summed E-state index contributed by atoms with van der Waals surface area (Å²) in [6.07, 6.45) is 4.44. The van der Waals surface area contributed by atoms with Gasteiger partial charge in [0.15, 0.2) is 0 Å². The first kappa shape index (κ1) is 18.2.